The zero-order valence-electron chi connectivity index (χ0n) is 35.2. The third-order valence-corrected chi connectivity index (χ3v) is 15.7. The number of benzene rings is 2. The molecule has 0 amide bonds. The Morgan fingerprint density at radius 1 is 1.02 bits per heavy atom. The van der Waals surface area contributed by atoms with E-state index in [1.54, 1.807) is 14.0 Å². The van der Waals surface area contributed by atoms with Crippen molar-refractivity contribution in [2.24, 2.45) is 11.3 Å². The fourth-order valence-corrected chi connectivity index (χ4v) is 13.5. The Morgan fingerprint density at radius 2 is 1.79 bits per heavy atom. The molecule has 2 aromatic carbocycles. The molecule has 2 saturated heterocycles. The molecule has 310 valence electrons. The van der Waals surface area contributed by atoms with Gasteiger partial charge in [-0.05, 0) is 88.1 Å². The fourth-order valence-electron chi connectivity index (χ4n) is 13.5. The molecule has 10 atom stereocenters. The second kappa shape index (κ2) is 13.4. The second-order valence-corrected chi connectivity index (χ2v) is 18.5. The number of aliphatic hydroxyl groups is 2. The number of ether oxygens (including phenoxy) is 3. The van der Waals surface area contributed by atoms with E-state index >= 15 is 4.79 Å². The maximum Gasteiger partial charge on any atom is 0.322 e. The summed E-state index contributed by atoms with van der Waals surface area (Å²) in [6.45, 7) is 15.1. The molecule has 0 radical (unpaired) electrons. The highest BCUT2D eigenvalue weighted by Gasteiger charge is 2.79. The summed E-state index contributed by atoms with van der Waals surface area (Å²) in [6.07, 6.45) is 7.00. The number of fused-ring (bicyclic) bond motifs is 6. The normalized spacial score (nSPS) is 37.5. The molecule has 6 heterocycles. The van der Waals surface area contributed by atoms with Gasteiger partial charge in [-0.15, -0.1) is 0 Å². The van der Waals surface area contributed by atoms with Crippen LogP contribution in [-0.2, 0) is 36.3 Å². The van der Waals surface area contributed by atoms with E-state index in [1.165, 1.54) is 14.0 Å². The van der Waals surface area contributed by atoms with Crippen molar-refractivity contribution in [2.75, 3.05) is 58.9 Å². The maximum atomic E-state index is 15.3. The Bertz CT molecular complexity index is 2230. The van der Waals surface area contributed by atoms with Crippen LogP contribution in [0.15, 0.2) is 60.9 Å². The van der Waals surface area contributed by atoms with Crippen molar-refractivity contribution < 1.29 is 34.0 Å². The van der Waals surface area contributed by atoms with Gasteiger partial charge in [0.05, 0.1) is 31.6 Å². The van der Waals surface area contributed by atoms with Crippen molar-refractivity contribution in [1.82, 2.24) is 14.8 Å². The molecule has 6 aliphatic rings. The Labute approximate surface area is 342 Å². The highest BCUT2D eigenvalue weighted by molar-refractivity contribution is 5.95. The summed E-state index contributed by atoms with van der Waals surface area (Å²) < 4.78 is 19.0. The number of carbonyl (C=O) groups is 2. The second-order valence-electron chi connectivity index (χ2n) is 18.5. The molecule has 2 bridgehead atoms. The van der Waals surface area contributed by atoms with Crippen LogP contribution < -0.4 is 9.64 Å². The molecule has 5 aliphatic heterocycles. The lowest BCUT2D eigenvalue weighted by molar-refractivity contribution is -0.205. The van der Waals surface area contributed by atoms with Crippen LogP contribution in [0.2, 0.25) is 0 Å². The van der Waals surface area contributed by atoms with Crippen molar-refractivity contribution in [3.63, 3.8) is 0 Å². The van der Waals surface area contributed by atoms with Crippen molar-refractivity contribution in [2.45, 2.75) is 106 Å². The van der Waals surface area contributed by atoms with Gasteiger partial charge in [0.2, 0.25) is 0 Å². The highest BCUT2D eigenvalue weighted by atomic mass is 16.5. The molecule has 3 unspecified atom stereocenters. The van der Waals surface area contributed by atoms with Gasteiger partial charge in [-0.3, -0.25) is 19.4 Å². The van der Waals surface area contributed by atoms with Crippen molar-refractivity contribution in [1.29, 1.82) is 0 Å². The third kappa shape index (κ3) is 4.99. The molecule has 1 aliphatic carbocycles. The monoisotopic (exact) mass is 792 g/mol. The summed E-state index contributed by atoms with van der Waals surface area (Å²) in [5, 5.41) is 26.4. The van der Waals surface area contributed by atoms with E-state index in [4.69, 9.17) is 14.2 Å². The number of hydrogen-bond donors (Lipinski definition) is 3. The quantitative estimate of drug-likeness (QED) is 0.155. The minimum Gasteiger partial charge on any atom is -0.496 e. The van der Waals surface area contributed by atoms with Crippen LogP contribution in [0.5, 0.6) is 5.75 Å². The number of H-pyrrole nitrogens is 1. The number of esters is 1. The van der Waals surface area contributed by atoms with E-state index in [0.29, 0.717) is 62.1 Å². The zero-order valence-corrected chi connectivity index (χ0v) is 35.2. The first-order valence-electron chi connectivity index (χ1n) is 21.3. The van der Waals surface area contributed by atoms with E-state index < -0.39 is 45.6 Å². The van der Waals surface area contributed by atoms with Gasteiger partial charge in [-0.1, -0.05) is 50.8 Å². The van der Waals surface area contributed by atoms with Crippen LogP contribution in [0.25, 0.3) is 10.9 Å². The topological polar surface area (TPSA) is 128 Å². The standard InChI is InChI=1S/C47H60N4O7/c1-9-43(54)24-30-25-46(42(53)57-8,38-32(16-20-50(26-30)27-43)31-14-11-12-15-35(31)48-38)34-22-33-36(23-37(34)56-7)49(6)40-45(33)18-21-51-19-13-17-44(10-2,39(45)51)41(58-28(3)4)47(40,55)29(5)52/h11-15,17,22-23,30,39-41,48,54-55H,3,9-10,16,18-21,24-27H2,1-2,4-8H3/t30?,39-,40+,41+,43-,44+,45?,46-,47-/m0/s1. The first kappa shape index (κ1) is 39.3. The van der Waals surface area contributed by atoms with Crippen LogP contribution in [0.1, 0.15) is 82.2 Å². The molecule has 11 nitrogen and oxygen atoms in total. The average Bonchev–Trinajstić information content (AvgIpc) is 3.87. The zero-order chi connectivity index (χ0) is 41.2. The number of allylic oxidation sites excluding steroid dienone is 1. The molecule has 11 heteroatoms. The number of methoxy groups -OCH3 is 2. The van der Waals surface area contributed by atoms with Crippen molar-refractivity contribution in [3.8, 4) is 5.75 Å². The number of carbonyl (C=O) groups excluding carboxylic acids is 2. The lowest BCUT2D eigenvalue weighted by Gasteiger charge is -2.64. The fraction of sp³-hybridized carbons (Fsp3) is 0.574. The van der Waals surface area contributed by atoms with Crippen LogP contribution in [-0.4, -0.2) is 120 Å². The number of ketones is 1. The predicted molar refractivity (Wildman–Crippen MR) is 223 cm³/mol. The average molecular weight is 793 g/mol. The van der Waals surface area contributed by atoms with Gasteiger partial charge < -0.3 is 34.3 Å². The SMILES string of the molecule is C=C(C)O[C@@H]1[C@]2(CC)C=CCN3CCC4(c5cc([C@@]6(C(=O)OC)CC7CN(CCc8c6[nH]c6ccccc86)C[C@](O)(CC)C7)c(OC)cc5N(C)[C@H]4[C@@]1(O)C(C)=O)[C@@H]32. The molecule has 3 fully saturated rings. The first-order chi connectivity index (χ1) is 27.7. The number of Topliss-reactive ketones (excluding diaryl/α,β-unsaturated/α-hetero) is 1. The summed E-state index contributed by atoms with van der Waals surface area (Å²) >= 11 is 0. The molecule has 1 spiro atoms. The number of piperidine rings is 1. The minimum atomic E-state index is -1.93. The first-order valence-corrected chi connectivity index (χ1v) is 21.3. The maximum absolute atomic E-state index is 15.3. The van der Waals surface area contributed by atoms with Crippen LogP contribution >= 0.6 is 0 Å². The third-order valence-electron chi connectivity index (χ3n) is 15.7. The van der Waals surface area contributed by atoms with E-state index in [2.05, 4.69) is 63.5 Å². The lowest BCUT2D eigenvalue weighted by Crippen LogP contribution is -2.80. The number of rotatable bonds is 8. The number of nitrogens with one attached hydrogen (secondary N) is 1. The molecule has 1 saturated carbocycles. The molecule has 58 heavy (non-hydrogen) atoms. The van der Waals surface area contributed by atoms with Crippen LogP contribution in [0.4, 0.5) is 5.69 Å². The summed E-state index contributed by atoms with van der Waals surface area (Å²) in [7, 11) is 5.08. The Morgan fingerprint density at radius 3 is 2.48 bits per heavy atom. The number of aromatic amines is 1. The molecule has 3 aromatic rings. The van der Waals surface area contributed by atoms with E-state index in [-0.39, 0.29) is 17.7 Å². The van der Waals surface area contributed by atoms with Gasteiger partial charge in [0.25, 0.3) is 0 Å². The molecule has 9 rings (SSSR count). The van der Waals surface area contributed by atoms with Crippen molar-refractivity contribution >= 4 is 28.3 Å². The smallest absolute Gasteiger partial charge is 0.322 e. The van der Waals surface area contributed by atoms with E-state index in [9.17, 15) is 15.0 Å². The number of hydrogen-bond acceptors (Lipinski definition) is 10. The molecular formula is C47H60N4O7. The van der Waals surface area contributed by atoms with Gasteiger partial charge >= 0.3 is 5.97 Å². The Kier molecular flexibility index (Phi) is 9.10. The van der Waals surface area contributed by atoms with Gasteiger partial charge in [-0.25, -0.2) is 0 Å². The largest absolute Gasteiger partial charge is 0.496 e. The van der Waals surface area contributed by atoms with E-state index in [0.717, 1.165) is 59.6 Å². The Balaban J connectivity index is 1.36. The minimum absolute atomic E-state index is 0.0579. The van der Waals surface area contributed by atoms with Gasteiger partial charge in [-0.2, -0.15) is 0 Å². The number of aromatic nitrogens is 1. The predicted octanol–water partition coefficient (Wildman–Crippen LogP) is 5.39. The molecule has 3 N–H and O–H groups in total. The molecule has 1 aromatic heterocycles. The number of anilines is 1. The Hall–Kier alpha value is -4.16. The molecular weight excluding hydrogens is 733 g/mol. The summed E-state index contributed by atoms with van der Waals surface area (Å²) in [5.41, 5.74) is -0.352. The summed E-state index contributed by atoms with van der Waals surface area (Å²) in [6, 6.07) is 11.6. The summed E-state index contributed by atoms with van der Waals surface area (Å²) in [4.78, 5) is 40.4. The van der Waals surface area contributed by atoms with Crippen LogP contribution in [0, 0.1) is 11.3 Å². The van der Waals surface area contributed by atoms with Gasteiger partial charge in [0.15, 0.2) is 11.4 Å². The number of likely N-dealkylation sites (N-methyl/N-ethyl adjacent to an activating group) is 1. The van der Waals surface area contributed by atoms with Crippen LogP contribution in [0.3, 0.4) is 0 Å². The van der Waals surface area contributed by atoms with Gasteiger partial charge in [0, 0.05) is 84.0 Å². The lowest BCUT2D eigenvalue weighted by atomic mass is 9.47. The van der Waals surface area contributed by atoms with E-state index in [1.807, 2.05) is 32.2 Å². The number of para-hydroxylation sites is 1. The van der Waals surface area contributed by atoms with Gasteiger partial charge in [0.1, 0.15) is 17.3 Å². The summed E-state index contributed by atoms with van der Waals surface area (Å²) in [5.74, 6) is 0.163. The van der Waals surface area contributed by atoms with Crippen molar-refractivity contribution in [3.05, 3.63) is 83.3 Å². The highest BCUT2D eigenvalue weighted by Crippen LogP contribution is 2.68. The number of nitrogens with zero attached hydrogens (tertiary/aromatic N) is 3.